The summed E-state index contributed by atoms with van der Waals surface area (Å²) >= 11 is 0. The predicted molar refractivity (Wildman–Crippen MR) is 124 cm³/mol. The van der Waals surface area contributed by atoms with Crippen LogP contribution in [0.4, 0.5) is 0 Å². The highest BCUT2D eigenvalue weighted by atomic mass is 31.1. The molecule has 1 heterocycles. The van der Waals surface area contributed by atoms with E-state index in [1.54, 1.807) is 0 Å². The summed E-state index contributed by atoms with van der Waals surface area (Å²) in [5.74, 6) is 1.23. The summed E-state index contributed by atoms with van der Waals surface area (Å²) in [6.07, 6.45) is 4.65. The van der Waals surface area contributed by atoms with Crippen molar-refractivity contribution in [3.05, 3.63) is 90.8 Å². The van der Waals surface area contributed by atoms with Gasteiger partial charge in [0, 0.05) is 17.8 Å². The van der Waals surface area contributed by atoms with Crippen LogP contribution in [0.1, 0.15) is 45.2 Å². The molecule has 29 heavy (non-hydrogen) atoms. The molecule has 0 amide bonds. The molecule has 5 rings (SSSR count). The average molecular weight is 400 g/mol. The summed E-state index contributed by atoms with van der Waals surface area (Å²) in [6, 6.07) is 29.1. The van der Waals surface area contributed by atoms with Crippen LogP contribution in [0.3, 0.4) is 0 Å². The van der Waals surface area contributed by atoms with Gasteiger partial charge in [-0.1, -0.05) is 87.5 Å². The lowest BCUT2D eigenvalue weighted by Crippen LogP contribution is -2.35. The number of hydrogen-bond donors (Lipinski definition) is 0. The molecule has 148 valence electrons. The smallest absolute Gasteiger partial charge is 0.0446 e. The van der Waals surface area contributed by atoms with Crippen LogP contribution in [0.5, 0.6) is 0 Å². The van der Waals surface area contributed by atoms with E-state index in [-0.39, 0.29) is 0 Å². The molecule has 0 spiro atoms. The third-order valence-electron chi connectivity index (χ3n) is 8.19. The van der Waals surface area contributed by atoms with Crippen LogP contribution in [-0.2, 0) is 0 Å². The molecule has 2 bridgehead atoms. The second-order valence-electron chi connectivity index (χ2n) is 9.55. The van der Waals surface area contributed by atoms with Gasteiger partial charge in [0.25, 0.3) is 0 Å². The Morgan fingerprint density at radius 3 is 1.93 bits per heavy atom. The fourth-order valence-electron chi connectivity index (χ4n) is 6.39. The SMILES string of the molecule is CC1(C)C2CC[C@@]1(C)[C@H](c1ccccn1)[C@H]2P(c1ccccc1)c1ccccc1. The molecule has 1 nitrogen and oxygen atoms in total. The zero-order valence-electron chi connectivity index (χ0n) is 17.6. The Hall–Kier alpha value is -1.98. The Morgan fingerprint density at radius 2 is 1.38 bits per heavy atom. The fourth-order valence-corrected chi connectivity index (χ4v) is 10.0. The van der Waals surface area contributed by atoms with E-state index >= 15 is 0 Å². The van der Waals surface area contributed by atoms with E-state index in [2.05, 4.69) is 99.6 Å². The van der Waals surface area contributed by atoms with Gasteiger partial charge in [0.05, 0.1) is 0 Å². The molecule has 2 saturated carbocycles. The molecule has 1 aromatic heterocycles. The van der Waals surface area contributed by atoms with Crippen LogP contribution in [0.25, 0.3) is 0 Å². The second kappa shape index (κ2) is 7.06. The molecular weight excluding hydrogens is 369 g/mol. The van der Waals surface area contributed by atoms with Gasteiger partial charge >= 0.3 is 0 Å². The van der Waals surface area contributed by atoms with E-state index in [1.165, 1.54) is 29.1 Å². The molecule has 0 radical (unpaired) electrons. The number of rotatable bonds is 4. The summed E-state index contributed by atoms with van der Waals surface area (Å²) in [5.41, 5.74) is 2.54. The van der Waals surface area contributed by atoms with Crippen LogP contribution in [-0.4, -0.2) is 10.6 Å². The maximum Gasteiger partial charge on any atom is 0.0446 e. The summed E-state index contributed by atoms with van der Waals surface area (Å²) in [4.78, 5) is 4.92. The molecule has 2 heteroatoms. The van der Waals surface area contributed by atoms with Crippen LogP contribution in [0, 0.1) is 16.7 Å². The highest BCUT2D eigenvalue weighted by molar-refractivity contribution is 7.73. The maximum atomic E-state index is 4.92. The van der Waals surface area contributed by atoms with E-state index in [4.69, 9.17) is 4.98 Å². The van der Waals surface area contributed by atoms with E-state index in [0.29, 0.717) is 22.4 Å². The van der Waals surface area contributed by atoms with Crippen molar-refractivity contribution in [3.8, 4) is 0 Å². The first-order chi connectivity index (χ1) is 14.0. The minimum atomic E-state index is -0.460. The molecule has 0 saturated heterocycles. The van der Waals surface area contributed by atoms with Gasteiger partial charge in [0.2, 0.25) is 0 Å². The van der Waals surface area contributed by atoms with Crippen molar-refractivity contribution in [3.63, 3.8) is 0 Å². The lowest BCUT2D eigenvalue weighted by Gasteiger charge is -2.42. The van der Waals surface area contributed by atoms with Crippen molar-refractivity contribution < 1.29 is 0 Å². The van der Waals surface area contributed by atoms with Gasteiger partial charge in [-0.3, -0.25) is 4.98 Å². The molecule has 2 aliphatic carbocycles. The summed E-state index contributed by atoms with van der Waals surface area (Å²) in [7, 11) is -0.460. The molecule has 2 aromatic carbocycles. The number of hydrogen-bond acceptors (Lipinski definition) is 1. The predicted octanol–water partition coefficient (Wildman–Crippen LogP) is 6.12. The lowest BCUT2D eigenvalue weighted by molar-refractivity contribution is 0.133. The molecule has 3 aromatic rings. The first-order valence-corrected chi connectivity index (χ1v) is 12.3. The van der Waals surface area contributed by atoms with Gasteiger partial charge in [-0.05, 0) is 65.9 Å². The van der Waals surface area contributed by atoms with Crippen molar-refractivity contribution >= 4 is 18.5 Å². The number of benzene rings is 2. The van der Waals surface area contributed by atoms with E-state index in [1.807, 2.05) is 6.20 Å². The van der Waals surface area contributed by atoms with Crippen molar-refractivity contribution in [2.75, 3.05) is 0 Å². The second-order valence-corrected chi connectivity index (χ2v) is 11.9. The molecule has 0 N–H and O–H groups in total. The van der Waals surface area contributed by atoms with Crippen molar-refractivity contribution in [1.29, 1.82) is 0 Å². The van der Waals surface area contributed by atoms with Crippen LogP contribution < -0.4 is 10.6 Å². The molecular formula is C27H30NP. The van der Waals surface area contributed by atoms with Gasteiger partial charge in [-0.15, -0.1) is 0 Å². The first kappa shape index (κ1) is 19.0. The normalized spacial score (nSPS) is 30.0. The molecule has 4 atom stereocenters. The van der Waals surface area contributed by atoms with Gasteiger partial charge < -0.3 is 0 Å². The molecule has 1 unspecified atom stereocenters. The topological polar surface area (TPSA) is 12.9 Å². The van der Waals surface area contributed by atoms with E-state index < -0.39 is 7.92 Å². The van der Waals surface area contributed by atoms with Gasteiger partial charge in [0.1, 0.15) is 0 Å². The first-order valence-electron chi connectivity index (χ1n) is 10.8. The lowest BCUT2D eigenvalue weighted by atomic mass is 9.66. The summed E-state index contributed by atoms with van der Waals surface area (Å²) < 4.78 is 0. The number of pyridine rings is 1. The monoisotopic (exact) mass is 399 g/mol. The standard InChI is InChI=1S/C27H30NP/c1-26(2)22-17-18-27(26,3)24(23-16-10-11-19-28-23)25(22)29(20-12-6-4-7-13-20)21-14-8-5-9-15-21/h4-16,19,22,24-25H,17-18H2,1-3H3/t22?,24-,25+,27+/m1/s1. The maximum absolute atomic E-state index is 4.92. The van der Waals surface area contributed by atoms with E-state index in [0.717, 1.165) is 5.92 Å². The molecule has 0 aliphatic heterocycles. The van der Waals surface area contributed by atoms with Crippen molar-refractivity contribution in [2.24, 2.45) is 16.7 Å². The molecule has 2 fully saturated rings. The average Bonchev–Trinajstić information content (AvgIpc) is 3.08. The highest BCUT2D eigenvalue weighted by Crippen LogP contribution is 2.76. The Morgan fingerprint density at radius 1 is 0.793 bits per heavy atom. The Kier molecular flexibility index (Phi) is 4.63. The Labute approximate surface area is 176 Å². The van der Waals surface area contributed by atoms with Crippen LogP contribution in [0.15, 0.2) is 85.1 Å². The minimum absolute atomic E-state index is 0.292. The number of nitrogens with zero attached hydrogens (tertiary/aromatic N) is 1. The quantitative estimate of drug-likeness (QED) is 0.482. The van der Waals surface area contributed by atoms with Crippen LogP contribution >= 0.6 is 7.92 Å². The zero-order valence-corrected chi connectivity index (χ0v) is 18.5. The Bertz CT molecular complexity index is 930. The minimum Gasteiger partial charge on any atom is -0.261 e. The fraction of sp³-hybridized carbons (Fsp3) is 0.370. The zero-order chi connectivity index (χ0) is 20.1. The van der Waals surface area contributed by atoms with E-state index in [9.17, 15) is 0 Å². The number of fused-ring (bicyclic) bond motifs is 2. The summed E-state index contributed by atoms with van der Waals surface area (Å²) in [6.45, 7) is 7.62. The molecule has 2 aliphatic rings. The summed E-state index contributed by atoms with van der Waals surface area (Å²) in [5, 5.41) is 3.01. The third kappa shape index (κ3) is 2.82. The number of aromatic nitrogens is 1. The van der Waals surface area contributed by atoms with Gasteiger partial charge in [-0.25, -0.2) is 0 Å². The highest BCUT2D eigenvalue weighted by Gasteiger charge is 2.68. The van der Waals surface area contributed by atoms with Gasteiger partial charge in [-0.2, -0.15) is 0 Å². The van der Waals surface area contributed by atoms with Gasteiger partial charge in [0.15, 0.2) is 0 Å². The largest absolute Gasteiger partial charge is 0.261 e. The van der Waals surface area contributed by atoms with Crippen molar-refractivity contribution in [2.45, 2.75) is 45.2 Å². The van der Waals surface area contributed by atoms with Crippen LogP contribution in [0.2, 0.25) is 0 Å². The Balaban J connectivity index is 1.72. The van der Waals surface area contributed by atoms with Crippen molar-refractivity contribution in [1.82, 2.24) is 4.98 Å². The third-order valence-corrected chi connectivity index (χ3v) is 11.2.